The molecular formula is C11H29BrSSi3. The maximum atomic E-state index is 2.51. The Balaban J connectivity index is 0. The standard InChI is InChI=1S/C11H29SSi3.BrH/c1-13(2,3)10-12-11(14(4,5)6)15(7,8)9;/h10H2,1-9H3;1H/q+1;/p-1. The summed E-state index contributed by atoms with van der Waals surface area (Å²) in [6, 6.07) is 0. The van der Waals surface area contributed by atoms with E-state index in [1.54, 1.807) is 0 Å². The van der Waals surface area contributed by atoms with Gasteiger partial charge in [0.1, 0.15) is 0 Å². The van der Waals surface area contributed by atoms with Gasteiger partial charge < -0.3 is 17.0 Å². The van der Waals surface area contributed by atoms with E-state index >= 15 is 0 Å². The van der Waals surface area contributed by atoms with E-state index in [2.05, 4.69) is 70.7 Å². The van der Waals surface area contributed by atoms with Crippen LogP contribution in [0.3, 0.4) is 0 Å². The molecule has 0 aliphatic carbocycles. The maximum absolute atomic E-state index is 2.51. The van der Waals surface area contributed by atoms with Crippen LogP contribution >= 0.6 is 11.8 Å². The van der Waals surface area contributed by atoms with Crippen molar-refractivity contribution in [3.63, 3.8) is 0 Å². The number of thioether (sulfide) groups is 1. The molecular weight excluding hydrogens is 328 g/mol. The Morgan fingerprint density at radius 1 is 0.750 bits per heavy atom. The van der Waals surface area contributed by atoms with E-state index in [-0.39, 0.29) is 17.0 Å². The summed E-state index contributed by atoms with van der Waals surface area (Å²) in [5.41, 5.74) is 0. The molecule has 0 atom stereocenters. The quantitative estimate of drug-likeness (QED) is 0.535. The Kier molecular flexibility index (Phi) is 7.99. The van der Waals surface area contributed by atoms with Gasteiger partial charge in [0.15, 0.2) is 0 Å². The molecule has 0 fully saturated rings. The lowest BCUT2D eigenvalue weighted by Gasteiger charge is -2.27. The highest BCUT2D eigenvalue weighted by Crippen LogP contribution is 2.39. The molecule has 0 saturated carbocycles. The summed E-state index contributed by atoms with van der Waals surface area (Å²) in [5, 5.41) is 1.41. The van der Waals surface area contributed by atoms with E-state index in [4.69, 9.17) is 0 Å². The highest BCUT2D eigenvalue weighted by atomic mass is 79.9. The Morgan fingerprint density at radius 3 is 1.25 bits per heavy atom. The topological polar surface area (TPSA) is 0 Å². The molecule has 0 spiro atoms. The molecule has 0 rings (SSSR count). The van der Waals surface area contributed by atoms with E-state index in [1.165, 1.54) is 5.38 Å². The number of rotatable bonds is 5. The molecule has 0 aromatic heterocycles. The van der Waals surface area contributed by atoms with Gasteiger partial charge in [-0.25, -0.2) is 0 Å². The molecule has 0 saturated heterocycles. The van der Waals surface area contributed by atoms with Crippen molar-refractivity contribution >= 4 is 36.0 Å². The lowest BCUT2D eigenvalue weighted by molar-refractivity contribution is -0.00000415. The van der Waals surface area contributed by atoms with Crippen molar-refractivity contribution in [3.05, 3.63) is 4.50 Å². The van der Waals surface area contributed by atoms with Gasteiger partial charge in [0.25, 0.3) is 16.1 Å². The van der Waals surface area contributed by atoms with Gasteiger partial charge >= 0.3 is 0 Å². The first-order valence-corrected chi connectivity index (χ1v) is 17.5. The smallest absolute Gasteiger partial charge is 0.258 e. The minimum absolute atomic E-state index is 0. The summed E-state index contributed by atoms with van der Waals surface area (Å²) in [5.74, 6) is 0. The highest BCUT2D eigenvalue weighted by molar-refractivity contribution is 8.07. The molecule has 16 heavy (non-hydrogen) atoms. The van der Waals surface area contributed by atoms with Crippen LogP contribution in [0.15, 0.2) is 0 Å². The van der Waals surface area contributed by atoms with Crippen molar-refractivity contribution in [3.8, 4) is 0 Å². The van der Waals surface area contributed by atoms with Crippen LogP contribution in [-0.2, 0) is 0 Å². The molecule has 0 aromatic carbocycles. The fourth-order valence-electron chi connectivity index (χ4n) is 1.85. The van der Waals surface area contributed by atoms with Gasteiger partial charge in [0.05, 0.1) is 12.6 Å². The molecule has 0 N–H and O–H groups in total. The monoisotopic (exact) mass is 356 g/mol. The third-order valence-corrected chi connectivity index (χ3v) is 18.1. The molecule has 0 aromatic rings. The molecule has 0 aliphatic heterocycles. The van der Waals surface area contributed by atoms with Crippen LogP contribution in [0.25, 0.3) is 0 Å². The maximum Gasteiger partial charge on any atom is 0.258 e. The summed E-state index contributed by atoms with van der Waals surface area (Å²) in [7, 11) is -3.01. The molecule has 0 aliphatic rings. The summed E-state index contributed by atoms with van der Waals surface area (Å²) in [4.78, 5) is 0. The summed E-state index contributed by atoms with van der Waals surface area (Å²) in [6.45, 7) is 22.5. The number of hydrogen-bond donors (Lipinski definition) is 0. The molecule has 5 heteroatoms. The fraction of sp³-hybridized carbons (Fsp3) is 0.909. The average molecular weight is 358 g/mol. The van der Waals surface area contributed by atoms with E-state index in [1.807, 2.05) is 4.50 Å². The number of halogens is 1. The first-order chi connectivity index (χ1) is 6.34. The Hall–Kier alpha value is 1.35. The van der Waals surface area contributed by atoms with Gasteiger partial charge in [-0.3, -0.25) is 0 Å². The van der Waals surface area contributed by atoms with Crippen molar-refractivity contribution in [2.75, 3.05) is 5.38 Å². The van der Waals surface area contributed by atoms with E-state index in [0.29, 0.717) is 0 Å². The van der Waals surface area contributed by atoms with Crippen LogP contribution in [0.1, 0.15) is 0 Å². The Labute approximate surface area is 121 Å². The molecule has 0 heterocycles. The van der Waals surface area contributed by atoms with Crippen molar-refractivity contribution in [2.45, 2.75) is 58.9 Å². The second kappa shape index (κ2) is 6.50. The molecule has 0 bridgehead atoms. The van der Waals surface area contributed by atoms with Gasteiger partial charge in [0, 0.05) is 17.1 Å². The van der Waals surface area contributed by atoms with Crippen LogP contribution in [0, 0.1) is 4.50 Å². The predicted octanol–water partition coefficient (Wildman–Crippen LogP) is 1.89. The van der Waals surface area contributed by atoms with E-state index < -0.39 is 24.2 Å². The van der Waals surface area contributed by atoms with Crippen molar-refractivity contribution in [1.29, 1.82) is 0 Å². The minimum Gasteiger partial charge on any atom is -1.00 e. The molecule has 0 amide bonds. The van der Waals surface area contributed by atoms with Crippen LogP contribution in [0.2, 0.25) is 58.9 Å². The summed E-state index contributed by atoms with van der Waals surface area (Å²) < 4.78 is 1.93. The largest absolute Gasteiger partial charge is 1.00 e. The third kappa shape index (κ3) is 8.44. The van der Waals surface area contributed by atoms with Crippen molar-refractivity contribution < 1.29 is 17.0 Å². The fourth-order valence-corrected chi connectivity index (χ4v) is 17.9. The normalized spacial score (nSPS) is 13.3. The van der Waals surface area contributed by atoms with Crippen molar-refractivity contribution in [2.24, 2.45) is 0 Å². The molecule has 0 nitrogen and oxygen atoms in total. The molecule has 98 valence electrons. The van der Waals surface area contributed by atoms with E-state index in [0.717, 1.165) is 0 Å². The molecule has 0 unspecified atom stereocenters. The zero-order valence-corrected chi connectivity index (χ0v) is 17.9. The van der Waals surface area contributed by atoms with Crippen LogP contribution < -0.4 is 17.0 Å². The van der Waals surface area contributed by atoms with Gasteiger partial charge in [-0.1, -0.05) is 19.6 Å². The minimum atomic E-state index is -1.06. The zero-order valence-electron chi connectivity index (χ0n) is 12.5. The zero-order chi connectivity index (χ0) is 12.5. The van der Waals surface area contributed by atoms with Gasteiger partial charge in [-0.05, 0) is 39.3 Å². The van der Waals surface area contributed by atoms with Gasteiger partial charge in [0.2, 0.25) is 0 Å². The van der Waals surface area contributed by atoms with Gasteiger partial charge in [-0.15, -0.1) is 0 Å². The second-order valence-electron chi connectivity index (χ2n) is 7.68. The first-order valence-electron chi connectivity index (χ1n) is 5.85. The van der Waals surface area contributed by atoms with Crippen LogP contribution in [-0.4, -0.2) is 29.6 Å². The van der Waals surface area contributed by atoms with Crippen molar-refractivity contribution in [1.82, 2.24) is 0 Å². The second-order valence-corrected chi connectivity index (χ2v) is 25.9. The Bertz CT molecular complexity index is 187. The van der Waals surface area contributed by atoms with E-state index in [9.17, 15) is 0 Å². The van der Waals surface area contributed by atoms with Crippen LogP contribution in [0.4, 0.5) is 0 Å². The lowest BCUT2D eigenvalue weighted by atomic mass is 11.7. The first kappa shape index (κ1) is 19.7. The van der Waals surface area contributed by atoms with Crippen LogP contribution in [0.5, 0.6) is 0 Å². The lowest BCUT2D eigenvalue weighted by Crippen LogP contribution is -3.00. The number of hydrogen-bond acceptors (Lipinski definition) is 1. The predicted molar refractivity (Wildman–Crippen MR) is 85.7 cm³/mol. The third-order valence-electron chi connectivity index (χ3n) is 2.01. The summed E-state index contributed by atoms with van der Waals surface area (Å²) >= 11 is 2.24. The molecule has 0 radical (unpaired) electrons. The summed E-state index contributed by atoms with van der Waals surface area (Å²) in [6.07, 6.45) is 0. The Morgan fingerprint density at radius 2 is 1.06 bits per heavy atom. The van der Waals surface area contributed by atoms with Gasteiger partial charge in [-0.2, -0.15) is 0 Å². The SMILES string of the molecule is C[Si](C)(C)CS[C+]([Si](C)(C)C)[Si](C)(C)C.[Br-]. The average Bonchev–Trinajstić information content (AvgIpc) is 1.75. The highest BCUT2D eigenvalue weighted by Gasteiger charge is 2.50.